The Morgan fingerprint density at radius 1 is 1.31 bits per heavy atom. The molecular formula is C12H16N2OS. The van der Waals surface area contributed by atoms with Crippen LogP contribution in [0.2, 0.25) is 0 Å². The normalized spacial score (nSPS) is 11.4. The summed E-state index contributed by atoms with van der Waals surface area (Å²) in [6, 6.07) is 7.80. The number of rotatable bonds is 4. The lowest BCUT2D eigenvalue weighted by Gasteiger charge is -2.08. The smallest absolute Gasteiger partial charge is 0.268 e. The highest BCUT2D eigenvalue weighted by Crippen LogP contribution is 2.15. The minimum atomic E-state index is 0.152. The molecule has 0 unspecified atom stereocenters. The number of hydrogen-bond donors (Lipinski definition) is 0. The van der Waals surface area contributed by atoms with E-state index in [-0.39, 0.29) is 5.56 Å². The van der Waals surface area contributed by atoms with Crippen LogP contribution in [0.4, 0.5) is 0 Å². The van der Waals surface area contributed by atoms with E-state index in [9.17, 15) is 4.79 Å². The molecule has 1 aromatic carbocycles. The zero-order chi connectivity index (χ0) is 11.5. The largest absolute Gasteiger partial charge is 0.309 e. The molecule has 0 radical (unpaired) electrons. The minimum Gasteiger partial charge on any atom is -0.309 e. The van der Waals surface area contributed by atoms with Crippen molar-refractivity contribution in [3.8, 4) is 0 Å². The van der Waals surface area contributed by atoms with Crippen molar-refractivity contribution in [1.29, 1.82) is 0 Å². The van der Waals surface area contributed by atoms with E-state index in [4.69, 9.17) is 0 Å². The molecule has 1 heterocycles. The molecule has 0 aliphatic heterocycles. The maximum atomic E-state index is 12.0. The van der Waals surface area contributed by atoms with Gasteiger partial charge in [0.1, 0.15) is 0 Å². The summed E-state index contributed by atoms with van der Waals surface area (Å²) in [6.07, 6.45) is 1.01. The Bertz CT molecular complexity index is 527. The van der Waals surface area contributed by atoms with Crippen molar-refractivity contribution >= 4 is 21.6 Å². The SMILES string of the molecule is CN(C)CCCn1sc2ccccc2c1=O. The first kappa shape index (κ1) is 11.4. The van der Waals surface area contributed by atoms with E-state index in [2.05, 4.69) is 4.90 Å². The molecule has 0 amide bonds. The molecule has 3 nitrogen and oxygen atoms in total. The fourth-order valence-electron chi connectivity index (χ4n) is 1.70. The summed E-state index contributed by atoms with van der Waals surface area (Å²) in [7, 11) is 4.10. The Labute approximate surface area is 99.1 Å². The fourth-order valence-corrected chi connectivity index (χ4v) is 2.73. The first-order chi connectivity index (χ1) is 7.68. The Balaban J connectivity index is 2.19. The topological polar surface area (TPSA) is 25.2 Å². The lowest BCUT2D eigenvalue weighted by Crippen LogP contribution is -2.18. The second-order valence-electron chi connectivity index (χ2n) is 4.15. The Hall–Kier alpha value is -1.13. The maximum absolute atomic E-state index is 12.0. The fraction of sp³-hybridized carbons (Fsp3) is 0.417. The van der Waals surface area contributed by atoms with E-state index in [0.29, 0.717) is 0 Å². The molecule has 86 valence electrons. The van der Waals surface area contributed by atoms with Crippen LogP contribution in [0, 0.1) is 0 Å². The summed E-state index contributed by atoms with van der Waals surface area (Å²) in [4.78, 5) is 14.1. The third-order valence-electron chi connectivity index (χ3n) is 2.52. The lowest BCUT2D eigenvalue weighted by atomic mass is 10.3. The van der Waals surface area contributed by atoms with E-state index >= 15 is 0 Å². The summed E-state index contributed by atoms with van der Waals surface area (Å²) >= 11 is 1.56. The zero-order valence-corrected chi connectivity index (χ0v) is 10.5. The van der Waals surface area contributed by atoms with Gasteiger partial charge in [0, 0.05) is 6.54 Å². The average molecular weight is 236 g/mol. The predicted octanol–water partition coefficient (Wildman–Crippen LogP) is 2.01. The number of hydrogen-bond acceptors (Lipinski definition) is 3. The number of aromatic nitrogens is 1. The van der Waals surface area contributed by atoms with Crippen LogP contribution in [0.1, 0.15) is 6.42 Å². The predicted molar refractivity (Wildman–Crippen MR) is 69.3 cm³/mol. The van der Waals surface area contributed by atoms with Crippen LogP contribution in [0.3, 0.4) is 0 Å². The summed E-state index contributed by atoms with van der Waals surface area (Å²) in [6.45, 7) is 1.83. The summed E-state index contributed by atoms with van der Waals surface area (Å²) < 4.78 is 2.94. The van der Waals surface area contributed by atoms with Gasteiger partial charge < -0.3 is 4.90 Å². The molecule has 0 aliphatic rings. The highest BCUT2D eigenvalue weighted by Gasteiger charge is 2.05. The maximum Gasteiger partial charge on any atom is 0.268 e. The summed E-state index contributed by atoms with van der Waals surface area (Å²) in [5.74, 6) is 0. The van der Waals surface area contributed by atoms with E-state index in [0.717, 1.165) is 29.6 Å². The highest BCUT2D eigenvalue weighted by molar-refractivity contribution is 7.13. The van der Waals surface area contributed by atoms with Gasteiger partial charge in [-0.1, -0.05) is 23.7 Å². The zero-order valence-electron chi connectivity index (χ0n) is 9.64. The molecular weight excluding hydrogens is 220 g/mol. The van der Waals surface area contributed by atoms with Crippen molar-refractivity contribution in [2.45, 2.75) is 13.0 Å². The molecule has 2 rings (SSSR count). The standard InChI is InChI=1S/C12H16N2OS/c1-13(2)8-5-9-14-12(15)10-6-3-4-7-11(10)16-14/h3-4,6-7H,5,8-9H2,1-2H3. The van der Waals surface area contributed by atoms with Gasteiger partial charge in [-0.25, -0.2) is 0 Å². The molecule has 0 bridgehead atoms. The Morgan fingerprint density at radius 2 is 2.06 bits per heavy atom. The van der Waals surface area contributed by atoms with Crippen LogP contribution in [0.15, 0.2) is 29.1 Å². The second-order valence-corrected chi connectivity index (χ2v) is 5.21. The summed E-state index contributed by atoms with van der Waals surface area (Å²) in [5, 5.41) is 0.845. The quantitative estimate of drug-likeness (QED) is 0.811. The molecule has 2 aromatic rings. The number of nitrogens with zero attached hydrogens (tertiary/aromatic N) is 2. The third-order valence-corrected chi connectivity index (χ3v) is 3.64. The monoisotopic (exact) mass is 236 g/mol. The van der Waals surface area contributed by atoms with Gasteiger partial charge in [-0.05, 0) is 39.2 Å². The van der Waals surface area contributed by atoms with E-state index < -0.39 is 0 Å². The van der Waals surface area contributed by atoms with Gasteiger partial charge in [0.05, 0.1) is 10.1 Å². The van der Waals surface area contributed by atoms with Crippen LogP contribution < -0.4 is 5.56 Å². The van der Waals surface area contributed by atoms with Crippen molar-refractivity contribution < 1.29 is 0 Å². The van der Waals surface area contributed by atoms with Gasteiger partial charge in [-0.3, -0.25) is 8.75 Å². The molecule has 4 heteroatoms. The highest BCUT2D eigenvalue weighted by atomic mass is 32.1. The van der Waals surface area contributed by atoms with E-state index in [1.807, 2.05) is 42.3 Å². The van der Waals surface area contributed by atoms with Gasteiger partial charge in [0.15, 0.2) is 0 Å². The molecule has 16 heavy (non-hydrogen) atoms. The van der Waals surface area contributed by atoms with E-state index in [1.165, 1.54) is 0 Å². The summed E-state index contributed by atoms with van der Waals surface area (Å²) in [5.41, 5.74) is 0.152. The molecule has 0 fully saturated rings. The van der Waals surface area contributed by atoms with Crippen LogP contribution in [0.25, 0.3) is 10.1 Å². The van der Waals surface area contributed by atoms with Crippen molar-refractivity contribution in [2.75, 3.05) is 20.6 Å². The van der Waals surface area contributed by atoms with E-state index in [1.54, 1.807) is 11.5 Å². The molecule has 0 spiro atoms. The Kier molecular flexibility index (Phi) is 3.41. The lowest BCUT2D eigenvalue weighted by molar-refractivity contribution is 0.389. The Morgan fingerprint density at radius 3 is 2.75 bits per heavy atom. The average Bonchev–Trinajstić information content (AvgIpc) is 2.56. The molecule has 0 N–H and O–H groups in total. The van der Waals surface area contributed by atoms with Crippen molar-refractivity contribution in [3.63, 3.8) is 0 Å². The molecule has 0 saturated heterocycles. The van der Waals surface area contributed by atoms with Gasteiger partial charge in [-0.15, -0.1) is 0 Å². The molecule has 1 aromatic heterocycles. The van der Waals surface area contributed by atoms with Crippen LogP contribution in [0.5, 0.6) is 0 Å². The number of fused-ring (bicyclic) bond motifs is 1. The second kappa shape index (κ2) is 4.80. The van der Waals surface area contributed by atoms with Gasteiger partial charge in [0.2, 0.25) is 0 Å². The number of aryl methyl sites for hydroxylation is 1. The minimum absolute atomic E-state index is 0.152. The van der Waals surface area contributed by atoms with Gasteiger partial charge in [0.25, 0.3) is 5.56 Å². The van der Waals surface area contributed by atoms with Crippen molar-refractivity contribution in [2.24, 2.45) is 0 Å². The van der Waals surface area contributed by atoms with Crippen LogP contribution in [-0.2, 0) is 6.54 Å². The molecule has 0 saturated carbocycles. The molecule has 0 aliphatic carbocycles. The molecule has 0 atom stereocenters. The first-order valence-corrected chi connectivity index (χ1v) is 6.19. The first-order valence-electron chi connectivity index (χ1n) is 5.42. The van der Waals surface area contributed by atoms with Gasteiger partial charge >= 0.3 is 0 Å². The van der Waals surface area contributed by atoms with Gasteiger partial charge in [-0.2, -0.15) is 0 Å². The van der Waals surface area contributed by atoms with Crippen molar-refractivity contribution in [1.82, 2.24) is 8.86 Å². The van der Waals surface area contributed by atoms with Crippen LogP contribution in [-0.4, -0.2) is 29.5 Å². The van der Waals surface area contributed by atoms with Crippen LogP contribution >= 0.6 is 11.5 Å². The third kappa shape index (κ3) is 2.33. The van der Waals surface area contributed by atoms with Crippen molar-refractivity contribution in [3.05, 3.63) is 34.6 Å². The number of benzene rings is 1.